The third kappa shape index (κ3) is 3.59. The van der Waals surface area contributed by atoms with Crippen LogP contribution in [0.4, 0.5) is 0 Å². The zero-order valence-corrected chi connectivity index (χ0v) is 14.3. The van der Waals surface area contributed by atoms with E-state index in [1.54, 1.807) is 0 Å². The van der Waals surface area contributed by atoms with Gasteiger partial charge in [0.1, 0.15) is 0 Å². The van der Waals surface area contributed by atoms with Gasteiger partial charge in [0, 0.05) is 16.5 Å². The van der Waals surface area contributed by atoms with Crippen LogP contribution in [-0.2, 0) is 6.42 Å². The first-order valence-electron chi connectivity index (χ1n) is 7.63. The van der Waals surface area contributed by atoms with E-state index in [2.05, 4.69) is 34.1 Å². The summed E-state index contributed by atoms with van der Waals surface area (Å²) in [5, 5.41) is 0.834. The number of hydrogen-bond acceptors (Lipinski definition) is 1. The van der Waals surface area contributed by atoms with Crippen molar-refractivity contribution in [1.82, 2.24) is 0 Å². The molecular formula is C21H17BrO. The molecule has 0 aromatic heterocycles. The smallest absolute Gasteiger partial charge is 0.193 e. The molecule has 3 rings (SSSR count). The summed E-state index contributed by atoms with van der Waals surface area (Å²) in [5.41, 5.74) is 4.91. The van der Waals surface area contributed by atoms with Crippen molar-refractivity contribution in [2.75, 3.05) is 5.33 Å². The van der Waals surface area contributed by atoms with Crippen LogP contribution in [-0.4, -0.2) is 11.1 Å². The Morgan fingerprint density at radius 3 is 2.09 bits per heavy atom. The molecule has 0 spiro atoms. The summed E-state index contributed by atoms with van der Waals surface area (Å²) in [7, 11) is 0. The van der Waals surface area contributed by atoms with Gasteiger partial charge in [0.25, 0.3) is 0 Å². The van der Waals surface area contributed by atoms with Crippen LogP contribution in [0.5, 0.6) is 0 Å². The normalized spacial score (nSPS) is 10.5. The molecule has 0 aliphatic heterocycles. The van der Waals surface area contributed by atoms with Crippen molar-refractivity contribution < 1.29 is 4.79 Å². The molecule has 0 atom stereocenters. The van der Waals surface area contributed by atoms with Crippen LogP contribution in [0.25, 0.3) is 11.1 Å². The van der Waals surface area contributed by atoms with Gasteiger partial charge in [-0.05, 0) is 23.1 Å². The van der Waals surface area contributed by atoms with E-state index in [1.165, 1.54) is 5.56 Å². The van der Waals surface area contributed by atoms with Gasteiger partial charge in [-0.3, -0.25) is 4.79 Å². The highest BCUT2D eigenvalue weighted by atomic mass is 79.9. The van der Waals surface area contributed by atoms with Gasteiger partial charge in [-0.1, -0.05) is 94.8 Å². The summed E-state index contributed by atoms with van der Waals surface area (Å²) in [6, 6.07) is 25.8. The number of carbonyl (C=O) groups is 1. The van der Waals surface area contributed by atoms with Crippen molar-refractivity contribution in [2.45, 2.75) is 6.42 Å². The number of aryl methyl sites for hydroxylation is 1. The number of halogens is 1. The highest BCUT2D eigenvalue weighted by Gasteiger charge is 2.14. The molecule has 0 heterocycles. The number of benzene rings is 3. The minimum absolute atomic E-state index is 0.0844. The largest absolute Gasteiger partial charge is 0.289 e. The molecule has 0 N–H and O–H groups in total. The second-order valence-electron chi connectivity index (χ2n) is 5.37. The van der Waals surface area contributed by atoms with E-state index in [9.17, 15) is 4.79 Å². The zero-order valence-electron chi connectivity index (χ0n) is 12.7. The number of ketones is 1. The summed E-state index contributed by atoms with van der Waals surface area (Å²) in [5.74, 6) is 0.0844. The van der Waals surface area contributed by atoms with E-state index >= 15 is 0 Å². The van der Waals surface area contributed by atoms with Crippen LogP contribution in [0.3, 0.4) is 0 Å². The third-order valence-corrected chi connectivity index (χ3v) is 4.25. The molecule has 0 saturated heterocycles. The van der Waals surface area contributed by atoms with E-state index in [-0.39, 0.29) is 5.78 Å². The van der Waals surface area contributed by atoms with Crippen LogP contribution in [0, 0.1) is 0 Å². The predicted molar refractivity (Wildman–Crippen MR) is 99.3 cm³/mol. The minimum Gasteiger partial charge on any atom is -0.289 e. The number of hydrogen-bond donors (Lipinski definition) is 0. The van der Waals surface area contributed by atoms with Gasteiger partial charge in [-0.25, -0.2) is 0 Å². The molecule has 2 heteroatoms. The highest BCUT2D eigenvalue weighted by molar-refractivity contribution is 9.09. The Balaban J connectivity index is 2.02. The monoisotopic (exact) mass is 364 g/mol. The van der Waals surface area contributed by atoms with Crippen molar-refractivity contribution >= 4 is 21.7 Å². The first-order chi connectivity index (χ1) is 11.3. The molecule has 114 valence electrons. The van der Waals surface area contributed by atoms with Crippen LogP contribution >= 0.6 is 15.9 Å². The Labute approximate surface area is 145 Å². The van der Waals surface area contributed by atoms with E-state index in [0.717, 1.165) is 34.0 Å². The Morgan fingerprint density at radius 1 is 0.783 bits per heavy atom. The Bertz CT molecular complexity index is 795. The first kappa shape index (κ1) is 15.7. The molecule has 1 nitrogen and oxygen atoms in total. The summed E-state index contributed by atoms with van der Waals surface area (Å²) >= 11 is 3.50. The van der Waals surface area contributed by atoms with E-state index in [1.807, 2.05) is 60.7 Å². The standard InChI is InChI=1S/C21H17BrO/c22-14-13-19-15-18(16-7-3-1-4-8-16)11-12-20(19)21(23)17-9-5-2-6-10-17/h1-12,15H,13-14H2. The lowest BCUT2D eigenvalue weighted by atomic mass is 9.93. The van der Waals surface area contributed by atoms with Crippen LogP contribution in [0.1, 0.15) is 21.5 Å². The molecule has 0 fully saturated rings. The quantitative estimate of drug-likeness (QED) is 0.430. The Morgan fingerprint density at radius 2 is 1.43 bits per heavy atom. The fourth-order valence-corrected chi connectivity index (χ4v) is 3.11. The summed E-state index contributed by atoms with van der Waals surface area (Å²) < 4.78 is 0. The first-order valence-corrected chi connectivity index (χ1v) is 8.76. The van der Waals surface area contributed by atoms with E-state index < -0.39 is 0 Å². The average molecular weight is 365 g/mol. The van der Waals surface area contributed by atoms with Gasteiger partial charge in [-0.2, -0.15) is 0 Å². The molecule has 3 aromatic rings. The summed E-state index contributed by atoms with van der Waals surface area (Å²) in [6.45, 7) is 0. The van der Waals surface area contributed by atoms with E-state index in [0.29, 0.717) is 0 Å². The van der Waals surface area contributed by atoms with Crippen LogP contribution in [0.2, 0.25) is 0 Å². The van der Waals surface area contributed by atoms with E-state index in [4.69, 9.17) is 0 Å². The molecule has 0 radical (unpaired) electrons. The van der Waals surface area contributed by atoms with Gasteiger partial charge < -0.3 is 0 Å². The second-order valence-corrected chi connectivity index (χ2v) is 6.17. The molecule has 3 aromatic carbocycles. The van der Waals surface area contributed by atoms with Gasteiger partial charge >= 0.3 is 0 Å². The highest BCUT2D eigenvalue weighted by Crippen LogP contribution is 2.25. The van der Waals surface area contributed by atoms with Crippen molar-refractivity contribution in [3.05, 3.63) is 95.6 Å². The van der Waals surface area contributed by atoms with Gasteiger partial charge in [0.05, 0.1) is 0 Å². The van der Waals surface area contributed by atoms with Crippen molar-refractivity contribution in [1.29, 1.82) is 0 Å². The third-order valence-electron chi connectivity index (χ3n) is 3.86. The van der Waals surface area contributed by atoms with Gasteiger partial charge in [0.15, 0.2) is 5.78 Å². The maximum atomic E-state index is 12.8. The molecule has 0 aliphatic rings. The molecule has 0 unspecified atom stereocenters. The molecular weight excluding hydrogens is 348 g/mol. The maximum absolute atomic E-state index is 12.8. The molecule has 0 bridgehead atoms. The average Bonchev–Trinajstić information content (AvgIpc) is 2.63. The lowest BCUT2D eigenvalue weighted by Gasteiger charge is -2.11. The Kier molecular flexibility index (Phi) is 5.04. The van der Waals surface area contributed by atoms with Gasteiger partial charge in [0.2, 0.25) is 0 Å². The van der Waals surface area contributed by atoms with Gasteiger partial charge in [-0.15, -0.1) is 0 Å². The SMILES string of the molecule is O=C(c1ccccc1)c1ccc(-c2ccccc2)cc1CCBr. The zero-order chi connectivity index (χ0) is 16.1. The molecule has 0 amide bonds. The number of rotatable bonds is 5. The van der Waals surface area contributed by atoms with Crippen molar-refractivity contribution in [3.63, 3.8) is 0 Å². The second kappa shape index (κ2) is 7.38. The number of carbonyl (C=O) groups excluding carboxylic acids is 1. The predicted octanol–water partition coefficient (Wildman–Crippen LogP) is 5.52. The summed E-state index contributed by atoms with van der Waals surface area (Å²) in [6.07, 6.45) is 0.828. The minimum atomic E-state index is 0.0844. The van der Waals surface area contributed by atoms with Crippen LogP contribution in [0.15, 0.2) is 78.9 Å². The summed E-state index contributed by atoms with van der Waals surface area (Å²) in [4.78, 5) is 12.8. The lowest BCUT2D eigenvalue weighted by Crippen LogP contribution is -2.06. The Hall–Kier alpha value is -2.19. The van der Waals surface area contributed by atoms with Crippen LogP contribution < -0.4 is 0 Å². The fraction of sp³-hybridized carbons (Fsp3) is 0.0952. The van der Waals surface area contributed by atoms with Crippen molar-refractivity contribution in [2.24, 2.45) is 0 Å². The molecule has 0 saturated carbocycles. The molecule has 23 heavy (non-hydrogen) atoms. The molecule has 0 aliphatic carbocycles. The fourth-order valence-electron chi connectivity index (χ4n) is 2.68. The lowest BCUT2D eigenvalue weighted by molar-refractivity contribution is 0.103. The number of alkyl halides is 1. The topological polar surface area (TPSA) is 17.1 Å². The van der Waals surface area contributed by atoms with Crippen molar-refractivity contribution in [3.8, 4) is 11.1 Å². The maximum Gasteiger partial charge on any atom is 0.193 e.